The highest BCUT2D eigenvalue weighted by Gasteiger charge is 2.20. The molecule has 1 aliphatic rings. The summed E-state index contributed by atoms with van der Waals surface area (Å²) in [5.74, 6) is 4.37. The molecule has 0 fully saturated rings. The molecular formula is C13H16F2N2. The number of nitrogens with one attached hydrogen (secondary N) is 1. The summed E-state index contributed by atoms with van der Waals surface area (Å²) in [5.41, 5.74) is 4.11. The van der Waals surface area contributed by atoms with Crippen molar-refractivity contribution in [1.82, 2.24) is 5.43 Å². The van der Waals surface area contributed by atoms with Gasteiger partial charge in [0.2, 0.25) is 0 Å². The van der Waals surface area contributed by atoms with Crippen LogP contribution in [-0.2, 0) is 0 Å². The third-order valence-electron chi connectivity index (χ3n) is 3.14. The fourth-order valence-electron chi connectivity index (χ4n) is 2.26. The molecule has 2 nitrogen and oxygen atoms in total. The van der Waals surface area contributed by atoms with Gasteiger partial charge < -0.3 is 0 Å². The van der Waals surface area contributed by atoms with E-state index in [4.69, 9.17) is 5.84 Å². The largest absolute Gasteiger partial charge is 0.271 e. The molecule has 1 aromatic rings. The topological polar surface area (TPSA) is 38.0 Å². The van der Waals surface area contributed by atoms with Crippen LogP contribution < -0.4 is 11.3 Å². The molecule has 92 valence electrons. The van der Waals surface area contributed by atoms with Crippen molar-refractivity contribution in [2.75, 3.05) is 0 Å². The maximum absolute atomic E-state index is 13.7. The fraction of sp³-hybridized carbons (Fsp3) is 0.385. The van der Waals surface area contributed by atoms with E-state index in [2.05, 4.69) is 11.5 Å². The molecule has 1 aliphatic carbocycles. The van der Waals surface area contributed by atoms with E-state index < -0.39 is 11.6 Å². The molecule has 0 saturated carbocycles. The van der Waals surface area contributed by atoms with Crippen LogP contribution in [0.5, 0.6) is 0 Å². The number of nitrogens with two attached hydrogens (primary N) is 1. The quantitative estimate of drug-likeness (QED) is 0.482. The number of rotatable bonds is 3. The van der Waals surface area contributed by atoms with E-state index in [1.165, 1.54) is 12.1 Å². The number of halogens is 2. The normalized spacial score (nSPS) is 17.7. The highest BCUT2D eigenvalue weighted by atomic mass is 19.1. The lowest BCUT2D eigenvalue weighted by atomic mass is 9.90. The van der Waals surface area contributed by atoms with E-state index in [0.29, 0.717) is 5.56 Å². The summed E-state index contributed by atoms with van der Waals surface area (Å²) in [7, 11) is 0. The van der Waals surface area contributed by atoms with Crippen molar-refractivity contribution in [2.45, 2.75) is 31.7 Å². The van der Waals surface area contributed by atoms with Crippen molar-refractivity contribution in [1.29, 1.82) is 0 Å². The van der Waals surface area contributed by atoms with Crippen molar-refractivity contribution in [3.8, 4) is 0 Å². The molecule has 0 aromatic heterocycles. The Kier molecular flexibility index (Phi) is 3.86. The zero-order chi connectivity index (χ0) is 12.3. The first-order valence-corrected chi connectivity index (χ1v) is 5.82. The molecule has 2 rings (SSSR count). The van der Waals surface area contributed by atoms with Gasteiger partial charge in [0.15, 0.2) is 0 Å². The van der Waals surface area contributed by atoms with E-state index in [1.807, 2.05) is 0 Å². The lowest BCUT2D eigenvalue weighted by Gasteiger charge is -2.23. The lowest BCUT2D eigenvalue weighted by Crippen LogP contribution is -2.30. The van der Waals surface area contributed by atoms with Crippen molar-refractivity contribution in [3.63, 3.8) is 0 Å². The molecule has 0 aliphatic heterocycles. The summed E-state index contributed by atoms with van der Waals surface area (Å²) in [4.78, 5) is 0. The first-order chi connectivity index (χ1) is 8.22. The van der Waals surface area contributed by atoms with Gasteiger partial charge in [0.05, 0.1) is 6.04 Å². The molecular weight excluding hydrogens is 222 g/mol. The number of benzene rings is 1. The Morgan fingerprint density at radius 3 is 2.65 bits per heavy atom. The SMILES string of the molecule is NNC(C1=CCCCC1)c1ccc(F)cc1F. The average Bonchev–Trinajstić information content (AvgIpc) is 2.34. The fourth-order valence-corrected chi connectivity index (χ4v) is 2.26. The standard InChI is InChI=1S/C13H16F2N2/c14-10-6-7-11(12(15)8-10)13(17-16)9-4-2-1-3-5-9/h4,6-8,13,17H,1-3,5,16H2. The van der Waals surface area contributed by atoms with E-state index in [9.17, 15) is 8.78 Å². The van der Waals surface area contributed by atoms with Crippen LogP contribution in [0, 0.1) is 11.6 Å². The maximum atomic E-state index is 13.7. The first kappa shape index (κ1) is 12.2. The molecule has 3 N–H and O–H groups in total. The molecule has 1 atom stereocenters. The zero-order valence-electron chi connectivity index (χ0n) is 9.55. The third-order valence-corrected chi connectivity index (χ3v) is 3.14. The van der Waals surface area contributed by atoms with E-state index in [1.54, 1.807) is 0 Å². The van der Waals surface area contributed by atoms with Crippen LogP contribution in [0.1, 0.15) is 37.3 Å². The van der Waals surface area contributed by atoms with Gasteiger partial charge in [-0.2, -0.15) is 0 Å². The summed E-state index contributed by atoms with van der Waals surface area (Å²) >= 11 is 0. The molecule has 0 spiro atoms. The average molecular weight is 238 g/mol. The van der Waals surface area contributed by atoms with E-state index in [0.717, 1.165) is 37.3 Å². The summed E-state index contributed by atoms with van der Waals surface area (Å²) in [5, 5.41) is 0. The molecule has 0 heterocycles. The highest BCUT2D eigenvalue weighted by molar-refractivity contribution is 5.30. The Bertz CT molecular complexity index is 429. The molecule has 0 saturated heterocycles. The van der Waals surface area contributed by atoms with Crippen LogP contribution in [-0.4, -0.2) is 0 Å². The monoisotopic (exact) mass is 238 g/mol. The molecule has 1 unspecified atom stereocenters. The van der Waals surface area contributed by atoms with Gasteiger partial charge >= 0.3 is 0 Å². The van der Waals surface area contributed by atoms with E-state index in [-0.39, 0.29) is 6.04 Å². The molecule has 17 heavy (non-hydrogen) atoms. The smallest absolute Gasteiger partial charge is 0.131 e. The molecule has 0 radical (unpaired) electrons. The van der Waals surface area contributed by atoms with E-state index >= 15 is 0 Å². The van der Waals surface area contributed by atoms with Gasteiger partial charge in [-0.05, 0) is 31.7 Å². The predicted molar refractivity (Wildman–Crippen MR) is 63.0 cm³/mol. The van der Waals surface area contributed by atoms with Crippen molar-refractivity contribution in [2.24, 2.45) is 5.84 Å². The van der Waals surface area contributed by atoms with Crippen LogP contribution in [0.4, 0.5) is 8.78 Å². The second-order valence-corrected chi connectivity index (χ2v) is 4.29. The number of hydrogen-bond acceptors (Lipinski definition) is 2. The van der Waals surface area contributed by atoms with Crippen molar-refractivity contribution >= 4 is 0 Å². The maximum Gasteiger partial charge on any atom is 0.131 e. The molecule has 0 amide bonds. The van der Waals surface area contributed by atoms with Gasteiger partial charge in [0, 0.05) is 11.6 Å². The van der Waals surface area contributed by atoms with Crippen molar-refractivity contribution < 1.29 is 8.78 Å². The highest BCUT2D eigenvalue weighted by Crippen LogP contribution is 2.30. The predicted octanol–water partition coefficient (Wildman–Crippen LogP) is 2.97. The van der Waals surface area contributed by atoms with Gasteiger partial charge in [-0.25, -0.2) is 14.2 Å². The first-order valence-electron chi connectivity index (χ1n) is 5.82. The van der Waals surface area contributed by atoms with Crippen LogP contribution in [0.15, 0.2) is 29.8 Å². The second kappa shape index (κ2) is 5.38. The van der Waals surface area contributed by atoms with Gasteiger partial charge in [-0.1, -0.05) is 17.7 Å². The van der Waals surface area contributed by atoms with Gasteiger partial charge in [0.1, 0.15) is 11.6 Å². The molecule has 1 aromatic carbocycles. The van der Waals surface area contributed by atoms with Crippen LogP contribution >= 0.6 is 0 Å². The zero-order valence-corrected chi connectivity index (χ0v) is 9.55. The number of hydrogen-bond donors (Lipinski definition) is 2. The number of hydrazine groups is 1. The summed E-state index contributed by atoms with van der Waals surface area (Å²) in [6.45, 7) is 0. The summed E-state index contributed by atoms with van der Waals surface area (Å²) in [6, 6.07) is 3.25. The molecule has 0 bridgehead atoms. The van der Waals surface area contributed by atoms with Crippen LogP contribution in [0.2, 0.25) is 0 Å². The van der Waals surface area contributed by atoms with Gasteiger partial charge in [-0.15, -0.1) is 0 Å². The minimum atomic E-state index is -0.570. The Hall–Kier alpha value is -1.26. The van der Waals surface area contributed by atoms with Crippen molar-refractivity contribution in [3.05, 3.63) is 47.0 Å². The molecule has 4 heteroatoms. The minimum absolute atomic E-state index is 0.351. The second-order valence-electron chi connectivity index (χ2n) is 4.29. The Morgan fingerprint density at radius 1 is 1.24 bits per heavy atom. The van der Waals surface area contributed by atoms with Crippen LogP contribution in [0.25, 0.3) is 0 Å². The van der Waals surface area contributed by atoms with Gasteiger partial charge in [0.25, 0.3) is 0 Å². The number of allylic oxidation sites excluding steroid dienone is 1. The Morgan fingerprint density at radius 2 is 2.06 bits per heavy atom. The summed E-state index contributed by atoms with van der Waals surface area (Å²) < 4.78 is 26.5. The minimum Gasteiger partial charge on any atom is -0.271 e. The lowest BCUT2D eigenvalue weighted by molar-refractivity contribution is 0.518. The summed E-state index contributed by atoms with van der Waals surface area (Å²) in [6.07, 6.45) is 6.25. The Balaban J connectivity index is 2.31. The van der Waals surface area contributed by atoms with Gasteiger partial charge in [-0.3, -0.25) is 5.84 Å². The van der Waals surface area contributed by atoms with Crippen LogP contribution in [0.3, 0.4) is 0 Å². The Labute approximate surface area is 99.5 Å². The third kappa shape index (κ3) is 2.70.